The Labute approximate surface area is 134 Å². The molecule has 0 aliphatic heterocycles. The maximum absolute atomic E-state index is 12.0. The van der Waals surface area contributed by atoms with Crippen molar-refractivity contribution in [2.75, 3.05) is 32.2 Å². The lowest BCUT2D eigenvalue weighted by molar-refractivity contribution is -0.185. The van der Waals surface area contributed by atoms with Crippen LogP contribution >= 0.6 is 0 Å². The fourth-order valence-corrected chi connectivity index (χ4v) is 1.66. The van der Waals surface area contributed by atoms with E-state index >= 15 is 0 Å². The molecule has 130 valence electrons. The van der Waals surface area contributed by atoms with E-state index in [9.17, 15) is 18.0 Å². The molecular formula is C13H14F3N5O3. The fraction of sp³-hybridized carbons (Fsp3) is 0.385. The first-order chi connectivity index (χ1) is 11.3. The van der Waals surface area contributed by atoms with Gasteiger partial charge in [-0.25, -0.2) is 9.67 Å². The van der Waals surface area contributed by atoms with Crippen LogP contribution in [0.15, 0.2) is 24.7 Å². The third kappa shape index (κ3) is 4.83. The minimum absolute atomic E-state index is 0.130. The molecule has 0 unspecified atom stereocenters. The van der Waals surface area contributed by atoms with Crippen molar-refractivity contribution in [1.29, 1.82) is 0 Å². The summed E-state index contributed by atoms with van der Waals surface area (Å²) in [6.45, 7) is -2.06. The second kappa shape index (κ2) is 7.15. The normalized spacial score (nSPS) is 11.2. The van der Waals surface area contributed by atoms with Crippen LogP contribution in [0, 0.1) is 0 Å². The molecule has 2 aromatic heterocycles. The number of ether oxygens (including phenoxy) is 2. The van der Waals surface area contributed by atoms with E-state index < -0.39 is 25.3 Å². The second-order valence-corrected chi connectivity index (χ2v) is 4.67. The van der Waals surface area contributed by atoms with E-state index in [-0.39, 0.29) is 5.95 Å². The van der Waals surface area contributed by atoms with Crippen molar-refractivity contribution in [2.45, 2.75) is 6.18 Å². The molecule has 0 amide bonds. The number of alkyl halides is 3. The molecule has 0 aromatic carbocycles. The summed E-state index contributed by atoms with van der Waals surface area (Å²) in [6.07, 6.45) is -0.0587. The molecular weight excluding hydrogens is 331 g/mol. The zero-order valence-electron chi connectivity index (χ0n) is 12.8. The first-order valence-corrected chi connectivity index (χ1v) is 6.64. The Morgan fingerprint density at radius 1 is 1.42 bits per heavy atom. The number of carbonyl (C=O) groups excluding carboxylic acids is 1. The molecule has 0 atom stereocenters. The third-order valence-corrected chi connectivity index (χ3v) is 2.76. The van der Waals surface area contributed by atoms with E-state index in [4.69, 9.17) is 4.74 Å². The molecule has 0 fully saturated rings. The lowest BCUT2D eigenvalue weighted by Gasteiger charge is -2.16. The van der Waals surface area contributed by atoms with Crippen LogP contribution in [0.25, 0.3) is 5.82 Å². The molecule has 0 aliphatic rings. The summed E-state index contributed by atoms with van der Waals surface area (Å²) < 4.78 is 46.6. The van der Waals surface area contributed by atoms with E-state index in [1.54, 1.807) is 12.3 Å². The van der Waals surface area contributed by atoms with Gasteiger partial charge in [0.05, 0.1) is 19.5 Å². The Balaban J connectivity index is 2.03. The average molecular weight is 345 g/mol. The lowest BCUT2D eigenvalue weighted by atomic mass is 10.5. The number of esters is 1. The van der Waals surface area contributed by atoms with Gasteiger partial charge in [-0.3, -0.25) is 4.79 Å². The number of aromatic nitrogens is 4. The third-order valence-electron chi connectivity index (χ3n) is 2.76. The Bertz CT molecular complexity index is 704. The van der Waals surface area contributed by atoms with Crippen LogP contribution in [0.1, 0.15) is 0 Å². The molecule has 2 aromatic rings. The molecule has 0 aliphatic carbocycles. The number of carbonyl (C=O) groups is 1. The van der Waals surface area contributed by atoms with Crippen molar-refractivity contribution in [1.82, 2.24) is 19.7 Å². The highest BCUT2D eigenvalue weighted by Gasteiger charge is 2.29. The van der Waals surface area contributed by atoms with Crippen molar-refractivity contribution in [2.24, 2.45) is 0 Å². The van der Waals surface area contributed by atoms with Crippen LogP contribution in [0.5, 0.6) is 5.75 Å². The molecule has 0 bridgehead atoms. The summed E-state index contributed by atoms with van der Waals surface area (Å²) in [6, 6.07) is 1.58. The molecule has 11 heteroatoms. The summed E-state index contributed by atoms with van der Waals surface area (Å²) in [5.74, 6) is 0.0218. The second-order valence-electron chi connectivity index (χ2n) is 4.67. The zero-order valence-corrected chi connectivity index (χ0v) is 12.8. The van der Waals surface area contributed by atoms with Gasteiger partial charge in [0.2, 0.25) is 5.95 Å². The summed E-state index contributed by atoms with van der Waals surface area (Å²) in [5.41, 5.74) is 0. The number of nitrogens with zero attached hydrogens (tertiary/aromatic N) is 5. The van der Waals surface area contributed by atoms with Crippen LogP contribution in [0.4, 0.5) is 19.1 Å². The minimum atomic E-state index is -4.57. The lowest BCUT2D eigenvalue weighted by Crippen LogP contribution is -2.31. The molecule has 0 radical (unpaired) electrons. The number of methoxy groups -OCH3 is 1. The summed E-state index contributed by atoms with van der Waals surface area (Å²) >= 11 is 0. The van der Waals surface area contributed by atoms with Crippen molar-refractivity contribution in [3.63, 3.8) is 0 Å². The first kappa shape index (κ1) is 17.5. The van der Waals surface area contributed by atoms with Gasteiger partial charge in [0.25, 0.3) is 0 Å². The van der Waals surface area contributed by atoms with Gasteiger partial charge in [-0.2, -0.15) is 23.3 Å². The van der Waals surface area contributed by atoms with Crippen molar-refractivity contribution in [3.8, 4) is 11.6 Å². The molecule has 2 rings (SSSR count). The van der Waals surface area contributed by atoms with Gasteiger partial charge in [-0.05, 0) is 0 Å². The number of halogens is 3. The van der Waals surface area contributed by atoms with Crippen LogP contribution in [0.3, 0.4) is 0 Å². The monoisotopic (exact) mass is 345 g/mol. The number of rotatable bonds is 6. The maximum Gasteiger partial charge on any atom is 0.422 e. The maximum atomic E-state index is 12.0. The minimum Gasteiger partial charge on any atom is -0.493 e. The Morgan fingerprint density at radius 2 is 2.17 bits per heavy atom. The quantitative estimate of drug-likeness (QED) is 0.728. The predicted molar refractivity (Wildman–Crippen MR) is 76.0 cm³/mol. The molecule has 2 heterocycles. The Hall–Kier alpha value is -2.85. The van der Waals surface area contributed by atoms with Crippen molar-refractivity contribution >= 4 is 11.9 Å². The van der Waals surface area contributed by atoms with Gasteiger partial charge in [0.1, 0.15) is 6.54 Å². The molecule has 8 nitrogen and oxygen atoms in total. The van der Waals surface area contributed by atoms with E-state index in [1.807, 2.05) is 0 Å². The standard InChI is InChI=1S/C13H14F3N5O3/c1-20(7-11(22)24-8-13(14,15)16)12-17-4-3-10(19-12)21-6-9(23-2)5-18-21/h3-6H,7-8H2,1-2H3. The van der Waals surface area contributed by atoms with Gasteiger partial charge < -0.3 is 14.4 Å². The number of hydrogen-bond donors (Lipinski definition) is 0. The Kier molecular flexibility index (Phi) is 5.21. The van der Waals surface area contributed by atoms with Crippen LogP contribution < -0.4 is 9.64 Å². The smallest absolute Gasteiger partial charge is 0.422 e. The van der Waals surface area contributed by atoms with Crippen LogP contribution in [0.2, 0.25) is 0 Å². The van der Waals surface area contributed by atoms with Gasteiger partial charge in [0, 0.05) is 19.3 Å². The van der Waals surface area contributed by atoms with E-state index in [1.165, 1.54) is 36.1 Å². The highest BCUT2D eigenvalue weighted by molar-refractivity contribution is 5.74. The van der Waals surface area contributed by atoms with Gasteiger partial charge in [-0.1, -0.05) is 0 Å². The van der Waals surface area contributed by atoms with Crippen molar-refractivity contribution in [3.05, 3.63) is 24.7 Å². The van der Waals surface area contributed by atoms with E-state index in [0.717, 1.165) is 0 Å². The number of hydrogen-bond acceptors (Lipinski definition) is 7. The Morgan fingerprint density at radius 3 is 2.79 bits per heavy atom. The van der Waals surface area contributed by atoms with Crippen LogP contribution in [-0.2, 0) is 9.53 Å². The van der Waals surface area contributed by atoms with Gasteiger partial charge in [0.15, 0.2) is 18.2 Å². The molecule has 0 N–H and O–H groups in total. The number of anilines is 1. The number of likely N-dealkylation sites (N-methyl/N-ethyl adjacent to an activating group) is 1. The summed E-state index contributed by atoms with van der Waals surface area (Å²) in [5, 5.41) is 4.04. The summed E-state index contributed by atoms with van der Waals surface area (Å²) in [7, 11) is 2.95. The fourth-order valence-electron chi connectivity index (χ4n) is 1.66. The van der Waals surface area contributed by atoms with Gasteiger partial charge >= 0.3 is 12.1 Å². The van der Waals surface area contributed by atoms with E-state index in [2.05, 4.69) is 19.8 Å². The largest absolute Gasteiger partial charge is 0.493 e. The van der Waals surface area contributed by atoms with Crippen molar-refractivity contribution < 1.29 is 27.4 Å². The summed E-state index contributed by atoms with van der Waals surface area (Å²) in [4.78, 5) is 20.8. The average Bonchev–Trinajstić information content (AvgIpc) is 3.01. The molecule has 24 heavy (non-hydrogen) atoms. The predicted octanol–water partition coefficient (Wildman–Crippen LogP) is 1.21. The molecule has 0 saturated heterocycles. The molecule has 0 saturated carbocycles. The van der Waals surface area contributed by atoms with E-state index in [0.29, 0.717) is 11.6 Å². The topological polar surface area (TPSA) is 82.4 Å². The highest BCUT2D eigenvalue weighted by atomic mass is 19.4. The zero-order chi connectivity index (χ0) is 17.7. The SMILES string of the molecule is COc1cnn(-c2ccnc(N(C)CC(=O)OCC(F)(F)F)n2)c1. The first-order valence-electron chi connectivity index (χ1n) is 6.64. The molecule has 0 spiro atoms. The highest BCUT2D eigenvalue weighted by Crippen LogP contribution is 2.15. The van der Waals surface area contributed by atoms with Crippen LogP contribution in [-0.4, -0.2) is 59.2 Å². The van der Waals surface area contributed by atoms with Gasteiger partial charge in [-0.15, -0.1) is 0 Å².